The normalized spacial score (nSPS) is 21.2. The summed E-state index contributed by atoms with van der Waals surface area (Å²) in [7, 11) is 0. The van der Waals surface area contributed by atoms with Gasteiger partial charge in [-0.1, -0.05) is 20.8 Å². The standard InChI is InChI=1S/C12H26N2/c1-4-11(13)5-8-14-9-12(6-7-12)10(2)3/h10-11,14H,4-9,13H2,1-3H3. The van der Waals surface area contributed by atoms with Crippen molar-refractivity contribution in [3.8, 4) is 0 Å². The van der Waals surface area contributed by atoms with Gasteiger partial charge in [0, 0.05) is 12.6 Å². The molecular formula is C12H26N2. The number of hydrogen-bond acceptors (Lipinski definition) is 2. The number of nitrogens with two attached hydrogens (primary N) is 1. The highest BCUT2D eigenvalue weighted by molar-refractivity contribution is 4.96. The summed E-state index contributed by atoms with van der Waals surface area (Å²) in [6, 6.07) is 0.386. The lowest BCUT2D eigenvalue weighted by molar-refractivity contribution is 0.335. The first-order valence-electron chi connectivity index (χ1n) is 6.07. The summed E-state index contributed by atoms with van der Waals surface area (Å²) >= 11 is 0. The Morgan fingerprint density at radius 1 is 1.36 bits per heavy atom. The Kier molecular flexibility index (Phi) is 4.39. The Balaban J connectivity index is 2.04. The van der Waals surface area contributed by atoms with Crippen LogP contribution in [0.1, 0.15) is 46.5 Å². The first kappa shape index (κ1) is 12.0. The average Bonchev–Trinajstić information content (AvgIpc) is 2.93. The van der Waals surface area contributed by atoms with Crippen LogP contribution in [0.3, 0.4) is 0 Å². The molecule has 0 aromatic heterocycles. The third-order valence-electron chi connectivity index (χ3n) is 3.81. The molecule has 0 radical (unpaired) electrons. The number of hydrogen-bond donors (Lipinski definition) is 2. The van der Waals surface area contributed by atoms with E-state index >= 15 is 0 Å². The Morgan fingerprint density at radius 2 is 2.00 bits per heavy atom. The van der Waals surface area contributed by atoms with Crippen LogP contribution in [0.15, 0.2) is 0 Å². The quantitative estimate of drug-likeness (QED) is 0.615. The second-order valence-electron chi connectivity index (χ2n) is 5.15. The molecule has 0 spiro atoms. The molecule has 84 valence electrons. The molecule has 1 rings (SSSR count). The van der Waals surface area contributed by atoms with Crippen LogP contribution in [0, 0.1) is 11.3 Å². The summed E-state index contributed by atoms with van der Waals surface area (Å²) in [5.74, 6) is 0.829. The van der Waals surface area contributed by atoms with Gasteiger partial charge in [-0.15, -0.1) is 0 Å². The zero-order valence-corrected chi connectivity index (χ0v) is 9.97. The van der Waals surface area contributed by atoms with E-state index in [0.717, 1.165) is 25.3 Å². The fraction of sp³-hybridized carbons (Fsp3) is 1.00. The Hall–Kier alpha value is -0.0800. The van der Waals surface area contributed by atoms with Gasteiger partial charge < -0.3 is 11.1 Å². The van der Waals surface area contributed by atoms with E-state index in [1.807, 2.05) is 0 Å². The van der Waals surface area contributed by atoms with Crippen LogP contribution in [0.5, 0.6) is 0 Å². The molecule has 1 aliphatic rings. The molecule has 3 N–H and O–H groups in total. The second kappa shape index (κ2) is 5.13. The van der Waals surface area contributed by atoms with Gasteiger partial charge in [0.1, 0.15) is 0 Å². The molecule has 0 saturated heterocycles. The second-order valence-corrected chi connectivity index (χ2v) is 5.15. The lowest BCUT2D eigenvalue weighted by Crippen LogP contribution is -2.31. The van der Waals surface area contributed by atoms with E-state index in [1.54, 1.807) is 0 Å². The van der Waals surface area contributed by atoms with E-state index in [2.05, 4.69) is 26.1 Å². The van der Waals surface area contributed by atoms with Crippen LogP contribution < -0.4 is 11.1 Å². The van der Waals surface area contributed by atoms with Gasteiger partial charge in [0.25, 0.3) is 0 Å². The summed E-state index contributed by atoms with van der Waals surface area (Å²) in [5, 5.41) is 3.55. The first-order valence-corrected chi connectivity index (χ1v) is 6.07. The van der Waals surface area contributed by atoms with E-state index in [9.17, 15) is 0 Å². The van der Waals surface area contributed by atoms with Gasteiger partial charge in [-0.3, -0.25) is 0 Å². The average molecular weight is 198 g/mol. The third kappa shape index (κ3) is 3.25. The minimum atomic E-state index is 0.386. The zero-order chi connectivity index (χ0) is 10.6. The summed E-state index contributed by atoms with van der Waals surface area (Å²) in [6.07, 6.45) is 5.04. The van der Waals surface area contributed by atoms with Gasteiger partial charge in [0.05, 0.1) is 0 Å². The highest BCUT2D eigenvalue weighted by Crippen LogP contribution is 2.51. The topological polar surface area (TPSA) is 38.0 Å². The Bertz CT molecular complexity index is 162. The number of nitrogens with one attached hydrogen (secondary N) is 1. The molecule has 1 saturated carbocycles. The zero-order valence-electron chi connectivity index (χ0n) is 9.97. The molecule has 1 fully saturated rings. The monoisotopic (exact) mass is 198 g/mol. The van der Waals surface area contributed by atoms with Crippen LogP contribution in [0.2, 0.25) is 0 Å². The molecule has 2 heteroatoms. The van der Waals surface area contributed by atoms with Crippen molar-refractivity contribution in [2.75, 3.05) is 13.1 Å². The van der Waals surface area contributed by atoms with Crippen molar-refractivity contribution in [3.05, 3.63) is 0 Å². The molecule has 0 aromatic rings. The highest BCUT2D eigenvalue weighted by atomic mass is 14.9. The summed E-state index contributed by atoms with van der Waals surface area (Å²) in [6.45, 7) is 9.12. The lowest BCUT2D eigenvalue weighted by atomic mass is 9.92. The van der Waals surface area contributed by atoms with Gasteiger partial charge in [-0.2, -0.15) is 0 Å². The van der Waals surface area contributed by atoms with Gasteiger partial charge >= 0.3 is 0 Å². The SMILES string of the molecule is CCC(N)CCNCC1(C(C)C)CC1. The Morgan fingerprint density at radius 3 is 2.43 bits per heavy atom. The molecule has 1 aliphatic carbocycles. The van der Waals surface area contributed by atoms with Gasteiger partial charge in [-0.05, 0) is 43.6 Å². The molecule has 0 aromatic carbocycles. The maximum Gasteiger partial charge on any atom is 0.00482 e. The van der Waals surface area contributed by atoms with Crippen LogP contribution in [-0.4, -0.2) is 19.1 Å². The summed E-state index contributed by atoms with van der Waals surface area (Å²) in [5.41, 5.74) is 6.49. The molecule has 2 nitrogen and oxygen atoms in total. The van der Waals surface area contributed by atoms with Crippen molar-refractivity contribution < 1.29 is 0 Å². The van der Waals surface area contributed by atoms with Gasteiger partial charge in [0.2, 0.25) is 0 Å². The van der Waals surface area contributed by atoms with E-state index in [0.29, 0.717) is 11.5 Å². The number of rotatable bonds is 7. The van der Waals surface area contributed by atoms with Crippen LogP contribution in [0.25, 0.3) is 0 Å². The smallest absolute Gasteiger partial charge is 0.00482 e. The van der Waals surface area contributed by atoms with Crippen LogP contribution >= 0.6 is 0 Å². The predicted molar refractivity (Wildman–Crippen MR) is 62.3 cm³/mol. The molecule has 1 unspecified atom stereocenters. The molecule has 0 amide bonds. The summed E-state index contributed by atoms with van der Waals surface area (Å²) < 4.78 is 0. The maximum absolute atomic E-state index is 5.86. The van der Waals surface area contributed by atoms with Crippen molar-refractivity contribution in [1.82, 2.24) is 5.32 Å². The van der Waals surface area contributed by atoms with E-state index in [4.69, 9.17) is 5.73 Å². The van der Waals surface area contributed by atoms with Crippen molar-refractivity contribution in [1.29, 1.82) is 0 Å². The molecule has 0 heterocycles. The van der Waals surface area contributed by atoms with Crippen molar-refractivity contribution >= 4 is 0 Å². The first-order chi connectivity index (χ1) is 6.60. The minimum absolute atomic E-state index is 0.386. The highest BCUT2D eigenvalue weighted by Gasteiger charge is 2.44. The van der Waals surface area contributed by atoms with Crippen molar-refractivity contribution in [2.45, 2.75) is 52.5 Å². The molecule has 1 atom stereocenters. The minimum Gasteiger partial charge on any atom is -0.328 e. The summed E-state index contributed by atoms with van der Waals surface area (Å²) in [4.78, 5) is 0. The van der Waals surface area contributed by atoms with Crippen LogP contribution in [0.4, 0.5) is 0 Å². The maximum atomic E-state index is 5.86. The van der Waals surface area contributed by atoms with Crippen molar-refractivity contribution in [3.63, 3.8) is 0 Å². The van der Waals surface area contributed by atoms with Crippen molar-refractivity contribution in [2.24, 2.45) is 17.1 Å². The fourth-order valence-electron chi connectivity index (χ4n) is 1.95. The molecule has 14 heavy (non-hydrogen) atoms. The fourth-order valence-corrected chi connectivity index (χ4v) is 1.95. The van der Waals surface area contributed by atoms with Crippen LogP contribution in [-0.2, 0) is 0 Å². The molecule has 0 aliphatic heterocycles. The predicted octanol–water partition coefficient (Wildman–Crippen LogP) is 2.14. The van der Waals surface area contributed by atoms with Gasteiger partial charge in [0.15, 0.2) is 0 Å². The third-order valence-corrected chi connectivity index (χ3v) is 3.81. The van der Waals surface area contributed by atoms with E-state index < -0.39 is 0 Å². The van der Waals surface area contributed by atoms with Gasteiger partial charge in [-0.25, -0.2) is 0 Å². The molecule has 0 bridgehead atoms. The molecular weight excluding hydrogens is 172 g/mol. The Labute approximate surface area is 88.6 Å². The largest absolute Gasteiger partial charge is 0.328 e. The lowest BCUT2D eigenvalue weighted by Gasteiger charge is -2.20. The van der Waals surface area contributed by atoms with E-state index in [1.165, 1.54) is 19.4 Å². The van der Waals surface area contributed by atoms with E-state index in [-0.39, 0.29) is 0 Å².